The van der Waals surface area contributed by atoms with Crippen LogP contribution in [0.5, 0.6) is 0 Å². The summed E-state index contributed by atoms with van der Waals surface area (Å²) in [6.07, 6.45) is 1.52. The second-order valence-corrected chi connectivity index (χ2v) is 5.26. The van der Waals surface area contributed by atoms with Crippen molar-refractivity contribution in [1.82, 2.24) is 9.80 Å². The number of aliphatic carboxylic acids is 1. The van der Waals surface area contributed by atoms with Gasteiger partial charge in [-0.25, -0.2) is 0 Å². The zero-order valence-corrected chi connectivity index (χ0v) is 11.7. The summed E-state index contributed by atoms with van der Waals surface area (Å²) in [7, 11) is 0. The van der Waals surface area contributed by atoms with Gasteiger partial charge in [-0.2, -0.15) is 0 Å². The quantitative estimate of drug-likeness (QED) is 0.731. The normalized spacial score (nSPS) is 20.9. The predicted molar refractivity (Wildman–Crippen MR) is 70.6 cm³/mol. The van der Waals surface area contributed by atoms with E-state index in [0.29, 0.717) is 6.54 Å². The number of hydrogen-bond acceptors (Lipinski definition) is 4. The SMILES string of the molecule is CCC(O)(CC)CN1CCN(C(C)C(=O)O)CC1. The molecule has 0 saturated carbocycles. The van der Waals surface area contributed by atoms with Crippen LogP contribution in [0, 0.1) is 0 Å². The van der Waals surface area contributed by atoms with Crippen molar-refractivity contribution in [1.29, 1.82) is 0 Å². The zero-order chi connectivity index (χ0) is 13.8. The lowest BCUT2D eigenvalue weighted by Gasteiger charge is -2.40. The van der Waals surface area contributed by atoms with Gasteiger partial charge in [0, 0.05) is 32.7 Å². The van der Waals surface area contributed by atoms with Gasteiger partial charge in [0.15, 0.2) is 0 Å². The first-order valence-corrected chi connectivity index (χ1v) is 6.83. The molecule has 0 aliphatic carbocycles. The highest BCUT2D eigenvalue weighted by molar-refractivity contribution is 5.72. The van der Waals surface area contributed by atoms with Crippen molar-refractivity contribution in [2.75, 3.05) is 32.7 Å². The summed E-state index contributed by atoms with van der Waals surface area (Å²) >= 11 is 0. The number of aliphatic hydroxyl groups is 1. The number of hydrogen-bond donors (Lipinski definition) is 2. The van der Waals surface area contributed by atoms with E-state index in [9.17, 15) is 9.90 Å². The van der Waals surface area contributed by atoms with Crippen LogP contribution in [-0.4, -0.2) is 70.3 Å². The zero-order valence-electron chi connectivity index (χ0n) is 11.7. The highest BCUT2D eigenvalue weighted by Crippen LogP contribution is 2.18. The molecule has 0 bridgehead atoms. The van der Waals surface area contributed by atoms with E-state index in [4.69, 9.17) is 5.11 Å². The molecule has 5 heteroatoms. The van der Waals surface area contributed by atoms with Crippen molar-refractivity contribution in [3.05, 3.63) is 0 Å². The average molecular weight is 258 g/mol. The van der Waals surface area contributed by atoms with Crippen molar-refractivity contribution >= 4 is 5.97 Å². The molecule has 0 aromatic carbocycles. The summed E-state index contributed by atoms with van der Waals surface area (Å²) in [5.41, 5.74) is -0.597. The van der Waals surface area contributed by atoms with Gasteiger partial charge in [0.2, 0.25) is 0 Å². The van der Waals surface area contributed by atoms with Gasteiger partial charge >= 0.3 is 5.97 Å². The molecule has 0 aromatic heterocycles. The smallest absolute Gasteiger partial charge is 0.320 e. The first-order valence-electron chi connectivity index (χ1n) is 6.83. The Morgan fingerprint density at radius 3 is 2.11 bits per heavy atom. The number of nitrogens with zero attached hydrogens (tertiary/aromatic N) is 2. The standard InChI is InChI=1S/C13H26N2O3/c1-4-13(18,5-2)10-14-6-8-15(9-7-14)11(3)12(16)17/h11,18H,4-10H2,1-3H3,(H,16,17). The molecular formula is C13H26N2O3. The van der Waals surface area contributed by atoms with E-state index in [-0.39, 0.29) is 0 Å². The summed E-state index contributed by atoms with van der Waals surface area (Å²) in [5.74, 6) is -0.762. The molecule has 1 fully saturated rings. The minimum Gasteiger partial charge on any atom is -0.480 e. The molecule has 0 spiro atoms. The van der Waals surface area contributed by atoms with E-state index in [2.05, 4.69) is 4.90 Å². The van der Waals surface area contributed by atoms with Gasteiger partial charge in [0.25, 0.3) is 0 Å². The maximum absolute atomic E-state index is 10.9. The number of rotatable bonds is 6. The van der Waals surface area contributed by atoms with E-state index in [1.54, 1.807) is 6.92 Å². The number of carboxylic acid groups (broad SMARTS) is 1. The van der Waals surface area contributed by atoms with E-state index in [0.717, 1.165) is 39.0 Å². The Labute approximate surface area is 109 Å². The fourth-order valence-corrected chi connectivity index (χ4v) is 2.35. The van der Waals surface area contributed by atoms with Crippen LogP contribution in [0.15, 0.2) is 0 Å². The molecule has 18 heavy (non-hydrogen) atoms. The fraction of sp³-hybridized carbons (Fsp3) is 0.923. The van der Waals surface area contributed by atoms with Gasteiger partial charge in [-0.3, -0.25) is 14.6 Å². The van der Waals surface area contributed by atoms with Crippen LogP contribution in [-0.2, 0) is 4.79 Å². The lowest BCUT2D eigenvalue weighted by molar-refractivity contribution is -0.143. The fourth-order valence-electron chi connectivity index (χ4n) is 2.35. The van der Waals surface area contributed by atoms with Crippen molar-refractivity contribution in [3.8, 4) is 0 Å². The summed E-state index contributed by atoms with van der Waals surface area (Å²) in [6.45, 7) is 9.62. The maximum Gasteiger partial charge on any atom is 0.320 e. The Kier molecular flexibility index (Phi) is 5.56. The monoisotopic (exact) mass is 258 g/mol. The van der Waals surface area contributed by atoms with Gasteiger partial charge < -0.3 is 10.2 Å². The van der Waals surface area contributed by atoms with Crippen LogP contribution >= 0.6 is 0 Å². The predicted octanol–water partition coefficient (Wildman–Crippen LogP) is 0.628. The van der Waals surface area contributed by atoms with Crippen LogP contribution in [0.1, 0.15) is 33.6 Å². The number of carbonyl (C=O) groups is 1. The first-order chi connectivity index (χ1) is 8.41. The number of piperazine rings is 1. The van der Waals surface area contributed by atoms with Gasteiger partial charge in [0.05, 0.1) is 5.60 Å². The lowest BCUT2D eigenvalue weighted by atomic mass is 9.96. The number of β-amino-alcohol motifs (C(OH)–C–C–N with tert-alkyl or cyclic N) is 1. The molecule has 1 unspecified atom stereocenters. The molecule has 1 rings (SSSR count). The molecule has 0 aromatic rings. The Balaban J connectivity index is 2.42. The third-order valence-electron chi connectivity index (χ3n) is 4.15. The van der Waals surface area contributed by atoms with E-state index in [1.807, 2.05) is 18.7 Å². The summed E-state index contributed by atoms with van der Waals surface area (Å²) in [5, 5.41) is 19.3. The molecule has 2 N–H and O–H groups in total. The van der Waals surface area contributed by atoms with Gasteiger partial charge in [-0.05, 0) is 19.8 Å². The van der Waals surface area contributed by atoms with Crippen LogP contribution < -0.4 is 0 Å². The third kappa shape index (κ3) is 3.93. The van der Waals surface area contributed by atoms with E-state index < -0.39 is 17.6 Å². The minimum atomic E-state index is -0.762. The van der Waals surface area contributed by atoms with Crippen molar-refractivity contribution in [2.45, 2.75) is 45.3 Å². The minimum absolute atomic E-state index is 0.414. The van der Waals surface area contributed by atoms with Gasteiger partial charge in [-0.15, -0.1) is 0 Å². The molecule has 0 radical (unpaired) electrons. The van der Waals surface area contributed by atoms with Gasteiger partial charge in [-0.1, -0.05) is 13.8 Å². The Morgan fingerprint density at radius 1 is 1.22 bits per heavy atom. The topological polar surface area (TPSA) is 64.0 Å². The Morgan fingerprint density at radius 2 is 1.72 bits per heavy atom. The summed E-state index contributed by atoms with van der Waals surface area (Å²) in [4.78, 5) is 15.1. The van der Waals surface area contributed by atoms with Crippen LogP contribution in [0.4, 0.5) is 0 Å². The Bertz CT molecular complexity index is 271. The summed E-state index contributed by atoms with van der Waals surface area (Å²) < 4.78 is 0. The van der Waals surface area contributed by atoms with Gasteiger partial charge in [0.1, 0.15) is 6.04 Å². The lowest BCUT2D eigenvalue weighted by Crippen LogP contribution is -2.54. The van der Waals surface area contributed by atoms with E-state index >= 15 is 0 Å². The second kappa shape index (κ2) is 6.50. The largest absolute Gasteiger partial charge is 0.480 e. The second-order valence-electron chi connectivity index (χ2n) is 5.26. The van der Waals surface area contributed by atoms with Crippen molar-refractivity contribution in [3.63, 3.8) is 0 Å². The molecular weight excluding hydrogens is 232 g/mol. The van der Waals surface area contributed by atoms with E-state index in [1.165, 1.54) is 0 Å². The molecule has 1 atom stereocenters. The summed E-state index contributed by atoms with van der Waals surface area (Å²) in [6, 6.07) is -0.414. The van der Waals surface area contributed by atoms with Crippen LogP contribution in [0.2, 0.25) is 0 Å². The molecule has 1 heterocycles. The van der Waals surface area contributed by atoms with Crippen molar-refractivity contribution < 1.29 is 15.0 Å². The molecule has 0 amide bonds. The highest BCUT2D eigenvalue weighted by Gasteiger charge is 2.30. The number of carboxylic acids is 1. The molecule has 1 aliphatic heterocycles. The molecule has 1 saturated heterocycles. The molecule has 1 aliphatic rings. The average Bonchev–Trinajstić information content (AvgIpc) is 2.38. The first kappa shape index (κ1) is 15.4. The third-order valence-corrected chi connectivity index (χ3v) is 4.15. The van der Waals surface area contributed by atoms with Crippen molar-refractivity contribution in [2.24, 2.45) is 0 Å². The highest BCUT2D eigenvalue weighted by atomic mass is 16.4. The molecule has 5 nitrogen and oxygen atoms in total. The Hall–Kier alpha value is -0.650. The van der Waals surface area contributed by atoms with Crippen LogP contribution in [0.25, 0.3) is 0 Å². The van der Waals surface area contributed by atoms with Crippen LogP contribution in [0.3, 0.4) is 0 Å². The molecule has 106 valence electrons. The maximum atomic E-state index is 10.9.